The van der Waals surface area contributed by atoms with Gasteiger partial charge in [-0.3, -0.25) is 0 Å². The van der Waals surface area contributed by atoms with Gasteiger partial charge in [-0.15, -0.1) is 11.3 Å². The van der Waals surface area contributed by atoms with Gasteiger partial charge < -0.3 is 9.84 Å². The first-order valence-corrected chi connectivity index (χ1v) is 8.97. The third-order valence-electron chi connectivity index (χ3n) is 3.16. The molecule has 0 saturated carbocycles. The minimum Gasteiger partial charge on any atom is -0.465 e. The Morgan fingerprint density at radius 3 is 2.95 bits per heavy atom. The van der Waals surface area contributed by atoms with Gasteiger partial charge in [0.15, 0.2) is 0 Å². The second kappa shape index (κ2) is 6.10. The van der Waals surface area contributed by atoms with Crippen LogP contribution in [0.3, 0.4) is 0 Å². The van der Waals surface area contributed by atoms with Gasteiger partial charge >= 0.3 is 5.97 Å². The number of halogens is 1. The molecule has 1 saturated heterocycles. The van der Waals surface area contributed by atoms with Crippen molar-refractivity contribution in [3.8, 4) is 0 Å². The molecule has 1 aliphatic rings. The van der Waals surface area contributed by atoms with Gasteiger partial charge in [-0.25, -0.2) is 13.2 Å². The Morgan fingerprint density at radius 1 is 1.65 bits per heavy atom. The molecule has 0 bridgehead atoms. The smallest absolute Gasteiger partial charge is 0.348 e. The number of methoxy groups -OCH3 is 1. The van der Waals surface area contributed by atoms with E-state index in [2.05, 4.69) is 20.7 Å². The zero-order chi connectivity index (χ0) is 14.9. The number of hydrogen-bond acceptors (Lipinski definition) is 6. The highest BCUT2D eigenvalue weighted by Crippen LogP contribution is 2.36. The molecule has 9 heteroatoms. The lowest BCUT2D eigenvalue weighted by Crippen LogP contribution is -2.37. The highest BCUT2D eigenvalue weighted by molar-refractivity contribution is 9.11. The predicted molar refractivity (Wildman–Crippen MR) is 77.4 cm³/mol. The van der Waals surface area contributed by atoms with Crippen molar-refractivity contribution in [3.05, 3.63) is 14.7 Å². The number of nitrogens with zero attached hydrogens (tertiary/aromatic N) is 1. The molecule has 2 rings (SSSR count). The summed E-state index contributed by atoms with van der Waals surface area (Å²) in [6.45, 7) is 0.175. The zero-order valence-electron chi connectivity index (χ0n) is 10.7. The van der Waals surface area contributed by atoms with Crippen LogP contribution in [0.15, 0.2) is 14.7 Å². The van der Waals surface area contributed by atoms with Crippen LogP contribution in [0.25, 0.3) is 0 Å². The van der Waals surface area contributed by atoms with Gasteiger partial charge in [0.05, 0.1) is 17.5 Å². The number of ether oxygens (including phenoxy) is 1. The minimum absolute atomic E-state index is 0.0447. The lowest BCUT2D eigenvalue weighted by atomic mass is 10.2. The molecule has 0 spiro atoms. The third kappa shape index (κ3) is 2.77. The van der Waals surface area contributed by atoms with Crippen molar-refractivity contribution < 1.29 is 23.1 Å². The third-order valence-corrected chi connectivity index (χ3v) is 7.35. The number of aliphatic hydroxyl groups is 1. The van der Waals surface area contributed by atoms with E-state index in [9.17, 15) is 18.3 Å². The van der Waals surface area contributed by atoms with Gasteiger partial charge in [0.1, 0.15) is 9.77 Å². The summed E-state index contributed by atoms with van der Waals surface area (Å²) in [7, 11) is -2.48. The molecule has 20 heavy (non-hydrogen) atoms. The molecule has 1 aromatic rings. The number of carbonyl (C=O) groups is 1. The minimum atomic E-state index is -3.72. The van der Waals surface area contributed by atoms with Gasteiger partial charge in [-0.2, -0.15) is 4.31 Å². The van der Waals surface area contributed by atoms with Crippen LogP contribution in [0.1, 0.15) is 22.5 Å². The Morgan fingerprint density at radius 2 is 2.35 bits per heavy atom. The Balaban J connectivity index is 2.39. The first-order valence-electron chi connectivity index (χ1n) is 5.92. The van der Waals surface area contributed by atoms with Crippen LogP contribution in [0.2, 0.25) is 0 Å². The molecule has 1 aromatic heterocycles. The average Bonchev–Trinajstić information content (AvgIpc) is 3.04. The number of rotatable bonds is 4. The van der Waals surface area contributed by atoms with E-state index >= 15 is 0 Å². The summed E-state index contributed by atoms with van der Waals surface area (Å²) < 4.78 is 31.4. The SMILES string of the molecule is COC(=O)c1cc(S(=O)(=O)N2CCC[C@H]2CO)c(Br)s1. The Hall–Kier alpha value is -0.480. The van der Waals surface area contributed by atoms with Crippen LogP contribution in [0, 0.1) is 0 Å². The van der Waals surface area contributed by atoms with Crippen LogP contribution in [-0.2, 0) is 14.8 Å². The molecule has 0 unspecified atom stereocenters. The van der Waals surface area contributed by atoms with Crippen LogP contribution in [0.4, 0.5) is 0 Å². The van der Waals surface area contributed by atoms with Crippen LogP contribution < -0.4 is 0 Å². The normalized spacial score (nSPS) is 20.2. The summed E-state index contributed by atoms with van der Waals surface area (Å²) in [4.78, 5) is 11.7. The van der Waals surface area contributed by atoms with Crippen LogP contribution >= 0.6 is 27.3 Å². The molecule has 112 valence electrons. The summed E-state index contributed by atoms with van der Waals surface area (Å²) in [6, 6.07) is 0.913. The number of carbonyl (C=O) groups excluding carboxylic acids is 1. The molecule has 1 fully saturated rings. The van der Waals surface area contributed by atoms with Gasteiger partial charge in [0.2, 0.25) is 10.0 Å². The van der Waals surface area contributed by atoms with Gasteiger partial charge in [0, 0.05) is 12.6 Å². The monoisotopic (exact) mass is 383 g/mol. The van der Waals surface area contributed by atoms with Crippen LogP contribution in [-0.4, -0.2) is 50.1 Å². The summed E-state index contributed by atoms with van der Waals surface area (Å²) in [5.41, 5.74) is 0. The first kappa shape index (κ1) is 15.9. The molecule has 0 amide bonds. The highest BCUT2D eigenvalue weighted by atomic mass is 79.9. The van der Waals surface area contributed by atoms with Crippen molar-refractivity contribution in [2.24, 2.45) is 0 Å². The van der Waals surface area contributed by atoms with Crippen LogP contribution in [0.5, 0.6) is 0 Å². The van der Waals surface area contributed by atoms with Crippen molar-refractivity contribution in [3.63, 3.8) is 0 Å². The second-order valence-electron chi connectivity index (χ2n) is 4.33. The fourth-order valence-electron chi connectivity index (χ4n) is 2.16. The van der Waals surface area contributed by atoms with E-state index in [0.29, 0.717) is 16.8 Å². The molecular formula is C11H14BrNO5S2. The average molecular weight is 384 g/mol. The standard InChI is InChI=1S/C11H14BrNO5S2/c1-18-11(15)8-5-9(10(12)19-8)20(16,17)13-4-2-3-7(13)6-14/h5,7,14H,2-4,6H2,1H3/t7-/m0/s1. The molecule has 0 radical (unpaired) electrons. The summed E-state index contributed by atoms with van der Waals surface area (Å²) in [5.74, 6) is -0.572. The summed E-state index contributed by atoms with van der Waals surface area (Å²) in [6.07, 6.45) is 1.36. The van der Waals surface area contributed by atoms with Crippen molar-refractivity contribution in [2.45, 2.75) is 23.8 Å². The lowest BCUT2D eigenvalue weighted by Gasteiger charge is -2.21. The number of sulfonamides is 1. The lowest BCUT2D eigenvalue weighted by molar-refractivity contribution is 0.0606. The van der Waals surface area contributed by atoms with Gasteiger partial charge in [0.25, 0.3) is 0 Å². The first-order chi connectivity index (χ1) is 9.41. The Labute approximate surface area is 129 Å². The van der Waals surface area contributed by atoms with E-state index in [4.69, 9.17) is 0 Å². The molecular weight excluding hydrogens is 370 g/mol. The maximum absolute atomic E-state index is 12.6. The van der Waals surface area contributed by atoms with Crippen molar-refractivity contribution in [2.75, 3.05) is 20.3 Å². The van der Waals surface area contributed by atoms with E-state index in [1.165, 1.54) is 17.5 Å². The second-order valence-corrected chi connectivity index (χ2v) is 8.56. The Kier molecular flexibility index (Phi) is 4.85. The van der Waals surface area contributed by atoms with E-state index in [1.807, 2.05) is 0 Å². The van der Waals surface area contributed by atoms with E-state index < -0.39 is 22.0 Å². The largest absolute Gasteiger partial charge is 0.465 e. The number of hydrogen-bond donors (Lipinski definition) is 1. The molecule has 0 aromatic carbocycles. The molecule has 0 aliphatic carbocycles. The predicted octanol–water partition coefficient (Wildman–Crippen LogP) is 1.44. The van der Waals surface area contributed by atoms with E-state index in [1.54, 1.807) is 0 Å². The van der Waals surface area contributed by atoms with Gasteiger partial charge in [-0.05, 0) is 34.8 Å². The highest BCUT2D eigenvalue weighted by Gasteiger charge is 2.37. The van der Waals surface area contributed by atoms with E-state index in [0.717, 1.165) is 17.8 Å². The molecule has 1 aliphatic heterocycles. The van der Waals surface area contributed by atoms with Crippen molar-refractivity contribution in [1.29, 1.82) is 0 Å². The summed E-state index contributed by atoms with van der Waals surface area (Å²) >= 11 is 4.20. The maximum Gasteiger partial charge on any atom is 0.348 e. The number of aliphatic hydroxyl groups excluding tert-OH is 1. The molecule has 1 atom stereocenters. The van der Waals surface area contributed by atoms with Crippen molar-refractivity contribution >= 4 is 43.3 Å². The molecule has 1 N–H and O–H groups in total. The zero-order valence-corrected chi connectivity index (χ0v) is 13.9. The summed E-state index contributed by atoms with van der Waals surface area (Å²) in [5, 5.41) is 9.26. The maximum atomic E-state index is 12.6. The fraction of sp³-hybridized carbons (Fsp3) is 0.545. The number of thiophene rings is 1. The van der Waals surface area contributed by atoms with E-state index in [-0.39, 0.29) is 16.4 Å². The van der Waals surface area contributed by atoms with Gasteiger partial charge in [-0.1, -0.05) is 0 Å². The molecule has 6 nitrogen and oxygen atoms in total. The Bertz CT molecular complexity index is 612. The van der Waals surface area contributed by atoms with Crippen molar-refractivity contribution in [1.82, 2.24) is 4.31 Å². The topological polar surface area (TPSA) is 83.9 Å². The quantitative estimate of drug-likeness (QED) is 0.795. The fourth-order valence-corrected chi connectivity index (χ4v) is 6.28. The number of esters is 1. The molecule has 2 heterocycles.